The number of fused-ring (bicyclic) bond motifs is 1. The van der Waals surface area contributed by atoms with Crippen LogP contribution in [0.2, 0.25) is 0 Å². The average molecular weight is 396 g/mol. The molecule has 2 aromatic rings. The fourth-order valence-corrected chi connectivity index (χ4v) is 4.03. The maximum atomic E-state index is 12.6. The number of nitrogens with two attached hydrogens (primary N) is 1. The van der Waals surface area contributed by atoms with Gasteiger partial charge < -0.3 is 10.6 Å². The number of halogens is 1. The van der Waals surface area contributed by atoms with E-state index in [9.17, 15) is 13.2 Å². The normalized spacial score (nSPS) is 14.5. The molecule has 0 aliphatic carbocycles. The molecule has 1 unspecified atom stereocenters. The Morgan fingerprint density at radius 1 is 1.23 bits per heavy atom. The number of nitrogens with zero attached hydrogens (tertiary/aromatic N) is 1. The number of sulfonamides is 1. The van der Waals surface area contributed by atoms with Crippen LogP contribution in [0.4, 0.5) is 5.69 Å². The number of rotatable bonds is 5. The Labute approximate surface area is 159 Å². The Hall–Kier alpha value is -1.93. The van der Waals surface area contributed by atoms with Crippen LogP contribution in [0.3, 0.4) is 0 Å². The summed E-state index contributed by atoms with van der Waals surface area (Å²) in [5, 5.41) is 0. The van der Waals surface area contributed by atoms with Crippen molar-refractivity contribution in [3.63, 3.8) is 0 Å². The van der Waals surface area contributed by atoms with Crippen LogP contribution in [0.25, 0.3) is 0 Å². The predicted octanol–water partition coefficient (Wildman–Crippen LogP) is 2.00. The third-order valence-electron chi connectivity index (χ3n) is 4.36. The Balaban J connectivity index is 0.00000243. The molecule has 1 amide bonds. The number of amides is 1. The zero-order chi connectivity index (χ0) is 18.0. The monoisotopic (exact) mass is 395 g/mol. The number of carbonyl (C=O) groups is 1. The molecule has 1 aliphatic rings. The maximum Gasteiger partial charge on any atom is 0.240 e. The van der Waals surface area contributed by atoms with Crippen LogP contribution >= 0.6 is 12.4 Å². The summed E-state index contributed by atoms with van der Waals surface area (Å²) < 4.78 is 27.7. The van der Waals surface area contributed by atoms with Crippen molar-refractivity contribution >= 4 is 34.0 Å². The lowest BCUT2D eigenvalue weighted by Gasteiger charge is -2.17. The van der Waals surface area contributed by atoms with Gasteiger partial charge in [-0.3, -0.25) is 4.79 Å². The summed E-state index contributed by atoms with van der Waals surface area (Å²) in [6, 6.07) is 13.8. The topological polar surface area (TPSA) is 92.5 Å². The summed E-state index contributed by atoms with van der Waals surface area (Å²) in [7, 11) is -3.70. The van der Waals surface area contributed by atoms with E-state index in [1.54, 1.807) is 23.1 Å². The lowest BCUT2D eigenvalue weighted by atomic mass is 10.1. The second-order valence-electron chi connectivity index (χ2n) is 6.08. The minimum atomic E-state index is -3.70. The quantitative estimate of drug-likeness (QED) is 0.809. The van der Waals surface area contributed by atoms with Gasteiger partial charge >= 0.3 is 0 Å². The molecule has 8 heteroatoms. The first kappa shape index (κ1) is 20.4. The predicted molar refractivity (Wildman–Crippen MR) is 104 cm³/mol. The first-order valence-corrected chi connectivity index (χ1v) is 9.58. The average Bonchev–Trinajstić information content (AvgIpc) is 3.04. The van der Waals surface area contributed by atoms with Crippen LogP contribution in [0.15, 0.2) is 53.4 Å². The second-order valence-corrected chi connectivity index (χ2v) is 7.85. The number of carbonyl (C=O) groups excluding carboxylic acids is 1. The molecule has 0 fully saturated rings. The number of anilines is 1. The van der Waals surface area contributed by atoms with Crippen molar-refractivity contribution in [1.82, 2.24) is 4.72 Å². The summed E-state index contributed by atoms with van der Waals surface area (Å²) in [5.74, 6) is -0.0904. The highest BCUT2D eigenvalue weighted by molar-refractivity contribution is 7.89. The van der Waals surface area contributed by atoms with Gasteiger partial charge in [-0.05, 0) is 29.7 Å². The first-order chi connectivity index (χ1) is 11.9. The molecule has 0 saturated heterocycles. The van der Waals surface area contributed by atoms with Gasteiger partial charge in [0.2, 0.25) is 15.9 Å². The van der Waals surface area contributed by atoms with Crippen LogP contribution in [-0.2, 0) is 21.2 Å². The number of benzene rings is 2. The summed E-state index contributed by atoms with van der Waals surface area (Å²) in [5.41, 5.74) is 8.57. The van der Waals surface area contributed by atoms with Gasteiger partial charge in [0.25, 0.3) is 0 Å². The van der Waals surface area contributed by atoms with Crippen molar-refractivity contribution in [3.05, 3.63) is 59.7 Å². The molecule has 6 nitrogen and oxygen atoms in total. The van der Waals surface area contributed by atoms with E-state index >= 15 is 0 Å². The summed E-state index contributed by atoms with van der Waals surface area (Å²) >= 11 is 0. The van der Waals surface area contributed by atoms with Gasteiger partial charge in [-0.25, -0.2) is 13.1 Å². The molecule has 0 spiro atoms. The number of nitrogens with one attached hydrogen (secondary N) is 1. The van der Waals surface area contributed by atoms with Gasteiger partial charge in [-0.15, -0.1) is 12.4 Å². The van der Waals surface area contributed by atoms with Crippen molar-refractivity contribution in [1.29, 1.82) is 0 Å². The molecule has 26 heavy (non-hydrogen) atoms. The number of hydrogen-bond donors (Lipinski definition) is 2. The van der Waals surface area contributed by atoms with Gasteiger partial charge in [0.05, 0.1) is 4.90 Å². The van der Waals surface area contributed by atoms with Gasteiger partial charge in [0, 0.05) is 31.7 Å². The molecule has 3 N–H and O–H groups in total. The standard InChI is InChI=1S/C18H21N3O3S.ClH/c1-13(22)21-10-9-15-7-8-16(11-18(15)21)25(23,24)20-12-17(19)14-5-3-2-4-6-14;/h2-8,11,17,20H,9-10,12,19H2,1H3;1H. The van der Waals surface area contributed by atoms with Crippen molar-refractivity contribution in [3.8, 4) is 0 Å². The van der Waals surface area contributed by atoms with E-state index in [2.05, 4.69) is 4.72 Å². The first-order valence-electron chi connectivity index (χ1n) is 8.10. The minimum Gasteiger partial charge on any atom is -0.323 e. The van der Waals surface area contributed by atoms with Crippen LogP contribution in [0.1, 0.15) is 24.1 Å². The van der Waals surface area contributed by atoms with Gasteiger partial charge in [-0.1, -0.05) is 36.4 Å². The zero-order valence-corrected chi connectivity index (χ0v) is 16.0. The molecular weight excluding hydrogens is 374 g/mol. The third-order valence-corrected chi connectivity index (χ3v) is 5.78. The molecule has 1 atom stereocenters. The minimum absolute atomic E-state index is 0. The Kier molecular flexibility index (Phi) is 6.41. The van der Waals surface area contributed by atoms with E-state index in [0.717, 1.165) is 17.5 Å². The molecule has 0 bridgehead atoms. The Bertz CT molecular complexity index is 888. The van der Waals surface area contributed by atoms with E-state index in [4.69, 9.17) is 5.73 Å². The second kappa shape index (κ2) is 8.18. The smallest absolute Gasteiger partial charge is 0.240 e. The van der Waals surface area contributed by atoms with Gasteiger partial charge in [0.15, 0.2) is 0 Å². The summed E-state index contributed by atoms with van der Waals surface area (Å²) in [4.78, 5) is 13.4. The molecule has 0 saturated carbocycles. The number of hydrogen-bond acceptors (Lipinski definition) is 4. The fourth-order valence-electron chi connectivity index (χ4n) is 2.95. The van der Waals surface area contributed by atoms with E-state index in [-0.39, 0.29) is 29.8 Å². The SMILES string of the molecule is CC(=O)N1CCc2ccc(S(=O)(=O)NCC(N)c3ccccc3)cc21.Cl. The highest BCUT2D eigenvalue weighted by Gasteiger charge is 2.25. The largest absolute Gasteiger partial charge is 0.323 e. The van der Waals surface area contributed by atoms with Crippen molar-refractivity contribution < 1.29 is 13.2 Å². The van der Waals surface area contributed by atoms with E-state index < -0.39 is 16.1 Å². The highest BCUT2D eigenvalue weighted by Crippen LogP contribution is 2.30. The van der Waals surface area contributed by atoms with E-state index in [0.29, 0.717) is 12.2 Å². The fraction of sp³-hybridized carbons (Fsp3) is 0.278. The van der Waals surface area contributed by atoms with Gasteiger partial charge in [-0.2, -0.15) is 0 Å². The van der Waals surface area contributed by atoms with Crippen LogP contribution in [0, 0.1) is 0 Å². The maximum absolute atomic E-state index is 12.6. The molecule has 140 valence electrons. The Morgan fingerprint density at radius 3 is 2.58 bits per heavy atom. The van der Waals surface area contributed by atoms with Gasteiger partial charge in [0.1, 0.15) is 0 Å². The summed E-state index contributed by atoms with van der Waals surface area (Å²) in [6.45, 7) is 2.16. The molecule has 1 heterocycles. The molecule has 3 rings (SSSR count). The van der Waals surface area contributed by atoms with Crippen molar-refractivity contribution in [2.75, 3.05) is 18.0 Å². The molecule has 1 aliphatic heterocycles. The third kappa shape index (κ3) is 4.24. The molecular formula is C18H22ClN3O3S. The summed E-state index contributed by atoms with van der Waals surface area (Å²) in [6.07, 6.45) is 0.738. The van der Waals surface area contributed by atoms with Crippen LogP contribution in [-0.4, -0.2) is 27.4 Å². The lowest BCUT2D eigenvalue weighted by Crippen LogP contribution is -2.32. The highest BCUT2D eigenvalue weighted by atomic mass is 35.5. The van der Waals surface area contributed by atoms with Crippen molar-refractivity contribution in [2.45, 2.75) is 24.3 Å². The van der Waals surface area contributed by atoms with Crippen molar-refractivity contribution in [2.24, 2.45) is 5.73 Å². The molecule has 2 aromatic carbocycles. The lowest BCUT2D eigenvalue weighted by molar-refractivity contribution is -0.116. The zero-order valence-electron chi connectivity index (χ0n) is 14.4. The molecule has 0 aromatic heterocycles. The van der Waals surface area contributed by atoms with E-state index in [1.165, 1.54) is 6.92 Å². The van der Waals surface area contributed by atoms with Crippen LogP contribution < -0.4 is 15.4 Å². The van der Waals surface area contributed by atoms with E-state index in [1.807, 2.05) is 30.3 Å². The Morgan fingerprint density at radius 2 is 1.92 bits per heavy atom. The van der Waals surface area contributed by atoms with Crippen LogP contribution in [0.5, 0.6) is 0 Å². The molecule has 0 radical (unpaired) electrons.